The average Bonchev–Trinajstić information content (AvgIpc) is 3.18. The minimum absolute atomic E-state index is 0.00971. The lowest BCUT2D eigenvalue weighted by atomic mass is 9.88. The minimum atomic E-state index is -1.62. The number of hydrogen-bond acceptors (Lipinski definition) is 11. The summed E-state index contributed by atoms with van der Waals surface area (Å²) in [5.74, 6) is -1.68. The van der Waals surface area contributed by atoms with Crippen molar-refractivity contribution in [1.29, 1.82) is 0 Å². The molecule has 6 N–H and O–H groups in total. The normalized spacial score (nSPS) is 37.7. The summed E-state index contributed by atoms with van der Waals surface area (Å²) in [6, 6.07) is 5.57. The molecule has 3 aliphatic rings. The van der Waals surface area contributed by atoms with Crippen LogP contribution in [0.3, 0.4) is 0 Å². The third kappa shape index (κ3) is 4.62. The van der Waals surface area contributed by atoms with Gasteiger partial charge in [0.2, 0.25) is 6.29 Å². The quantitative estimate of drug-likeness (QED) is 0.219. The first kappa shape index (κ1) is 23.6. The molecule has 0 unspecified atom stereocenters. The molecule has 0 aromatic heterocycles. The molecular formula is C22H26O11. The standard InChI is InChI=1S/C22H26O11/c23-8-11-7-14(31-20(29)10-1-3-12(25)4-2-10)13-5-6-30-21(16(11)13)33-22-19(28)18(27)17(26)15(9-24)32-22/h1-7,13-19,21-28H,8-9H2/t13-,14-,15+,16-,17-,18-,19-,21-,22-/m1/s1. The number of hydrogen-bond donors (Lipinski definition) is 6. The number of benzene rings is 1. The van der Waals surface area contributed by atoms with Gasteiger partial charge in [-0.25, -0.2) is 4.79 Å². The van der Waals surface area contributed by atoms with Crippen molar-refractivity contribution in [3.63, 3.8) is 0 Å². The predicted octanol–water partition coefficient (Wildman–Crippen LogP) is -1.23. The van der Waals surface area contributed by atoms with Crippen molar-refractivity contribution in [3.05, 3.63) is 53.8 Å². The van der Waals surface area contributed by atoms with Gasteiger partial charge >= 0.3 is 5.97 Å². The van der Waals surface area contributed by atoms with E-state index in [-0.39, 0.29) is 17.9 Å². The van der Waals surface area contributed by atoms with Crippen LogP contribution in [0.5, 0.6) is 5.75 Å². The van der Waals surface area contributed by atoms with Gasteiger partial charge in [0.1, 0.15) is 36.3 Å². The van der Waals surface area contributed by atoms with Crippen LogP contribution in [0.25, 0.3) is 0 Å². The molecule has 1 aliphatic carbocycles. The minimum Gasteiger partial charge on any atom is -0.508 e. The lowest BCUT2D eigenvalue weighted by Gasteiger charge is -2.42. The summed E-state index contributed by atoms with van der Waals surface area (Å²) in [6.07, 6.45) is -4.61. The zero-order valence-corrected chi connectivity index (χ0v) is 17.4. The Kier molecular flexibility index (Phi) is 7.00. The van der Waals surface area contributed by atoms with E-state index in [4.69, 9.17) is 18.9 Å². The Labute approximate surface area is 188 Å². The van der Waals surface area contributed by atoms with Crippen molar-refractivity contribution in [2.45, 2.75) is 43.1 Å². The Balaban J connectivity index is 1.49. The fraction of sp³-hybridized carbons (Fsp3) is 0.500. The van der Waals surface area contributed by atoms with Gasteiger partial charge in [0.25, 0.3) is 0 Å². The maximum Gasteiger partial charge on any atom is 0.338 e. The Morgan fingerprint density at radius 2 is 1.73 bits per heavy atom. The molecule has 1 aromatic rings. The Hall–Kier alpha value is -2.51. The number of esters is 1. The van der Waals surface area contributed by atoms with Gasteiger partial charge in [-0.05, 0) is 42.0 Å². The lowest BCUT2D eigenvalue weighted by Crippen LogP contribution is -2.60. The molecule has 2 aliphatic heterocycles. The van der Waals surface area contributed by atoms with Crippen LogP contribution in [-0.4, -0.2) is 92.9 Å². The van der Waals surface area contributed by atoms with Gasteiger partial charge in [-0.1, -0.05) is 0 Å². The molecule has 0 saturated carbocycles. The smallest absolute Gasteiger partial charge is 0.338 e. The van der Waals surface area contributed by atoms with Gasteiger partial charge in [0.15, 0.2) is 6.29 Å². The summed E-state index contributed by atoms with van der Waals surface area (Å²) in [6.45, 7) is -0.987. The van der Waals surface area contributed by atoms with Crippen molar-refractivity contribution < 1.29 is 54.4 Å². The van der Waals surface area contributed by atoms with Crippen LogP contribution in [0, 0.1) is 11.8 Å². The zero-order chi connectivity index (χ0) is 23.7. The highest BCUT2D eigenvalue weighted by Crippen LogP contribution is 2.42. The first-order chi connectivity index (χ1) is 15.8. The molecule has 0 radical (unpaired) electrons. The van der Waals surface area contributed by atoms with E-state index in [0.717, 1.165) is 0 Å². The van der Waals surface area contributed by atoms with E-state index in [0.29, 0.717) is 5.57 Å². The summed E-state index contributed by atoms with van der Waals surface area (Å²) in [7, 11) is 0. The molecule has 1 fully saturated rings. The summed E-state index contributed by atoms with van der Waals surface area (Å²) < 4.78 is 22.3. The average molecular weight is 466 g/mol. The molecule has 2 heterocycles. The number of aliphatic hydroxyl groups excluding tert-OH is 5. The number of phenols is 1. The second-order valence-corrected chi connectivity index (χ2v) is 8.09. The molecule has 11 nitrogen and oxygen atoms in total. The van der Waals surface area contributed by atoms with E-state index in [1.165, 1.54) is 30.5 Å². The summed E-state index contributed by atoms with van der Waals surface area (Å²) in [4.78, 5) is 12.5. The molecule has 11 heteroatoms. The van der Waals surface area contributed by atoms with Crippen molar-refractivity contribution >= 4 is 5.97 Å². The van der Waals surface area contributed by atoms with Crippen molar-refractivity contribution in [2.24, 2.45) is 11.8 Å². The van der Waals surface area contributed by atoms with E-state index in [9.17, 15) is 35.4 Å². The van der Waals surface area contributed by atoms with Crippen LogP contribution in [0.1, 0.15) is 10.4 Å². The number of aliphatic hydroxyl groups is 5. The molecule has 1 aromatic carbocycles. The monoisotopic (exact) mass is 466 g/mol. The van der Waals surface area contributed by atoms with Gasteiger partial charge in [-0.3, -0.25) is 0 Å². The number of aromatic hydroxyl groups is 1. The number of rotatable bonds is 6. The SMILES string of the molecule is O=C(O[C@@H]1C=C(CO)[C@H]2[C@@H](O[C@H]3O[C@@H](CO)[C@@H](O)[C@@H](O)[C@H]3O)OC=C[C@@H]21)c1ccc(O)cc1. The van der Waals surface area contributed by atoms with Gasteiger partial charge in [0, 0.05) is 5.92 Å². The van der Waals surface area contributed by atoms with Gasteiger partial charge < -0.3 is 49.6 Å². The van der Waals surface area contributed by atoms with E-state index in [1.807, 2.05) is 0 Å². The number of phenolic OH excluding ortho intramolecular Hbond substituents is 1. The highest BCUT2D eigenvalue weighted by Gasteiger charge is 2.50. The maximum atomic E-state index is 12.5. The zero-order valence-electron chi connectivity index (χ0n) is 17.4. The maximum absolute atomic E-state index is 12.5. The number of carbonyl (C=O) groups excluding carboxylic acids is 1. The largest absolute Gasteiger partial charge is 0.508 e. The second-order valence-electron chi connectivity index (χ2n) is 8.09. The van der Waals surface area contributed by atoms with Crippen molar-refractivity contribution in [2.75, 3.05) is 13.2 Å². The van der Waals surface area contributed by atoms with Crippen LogP contribution in [0.15, 0.2) is 48.3 Å². The van der Waals surface area contributed by atoms with Crippen molar-refractivity contribution in [3.8, 4) is 5.75 Å². The van der Waals surface area contributed by atoms with Gasteiger partial charge in [0.05, 0.1) is 31.0 Å². The lowest BCUT2D eigenvalue weighted by molar-refractivity contribution is -0.339. The van der Waals surface area contributed by atoms with Gasteiger partial charge in [-0.2, -0.15) is 0 Å². The summed E-state index contributed by atoms with van der Waals surface area (Å²) in [5.41, 5.74) is 0.711. The van der Waals surface area contributed by atoms with E-state index in [2.05, 4.69) is 0 Å². The molecule has 0 amide bonds. The first-order valence-electron chi connectivity index (χ1n) is 10.4. The highest BCUT2D eigenvalue weighted by molar-refractivity contribution is 5.89. The number of ether oxygens (including phenoxy) is 4. The molecule has 1 saturated heterocycles. The van der Waals surface area contributed by atoms with Gasteiger partial charge in [-0.15, -0.1) is 0 Å². The van der Waals surface area contributed by atoms with E-state index in [1.54, 1.807) is 12.2 Å². The Morgan fingerprint density at radius 3 is 2.39 bits per heavy atom. The topological polar surface area (TPSA) is 175 Å². The third-order valence-electron chi connectivity index (χ3n) is 6.05. The first-order valence-corrected chi connectivity index (χ1v) is 10.4. The van der Waals surface area contributed by atoms with Crippen LogP contribution in [-0.2, 0) is 18.9 Å². The predicted molar refractivity (Wildman–Crippen MR) is 108 cm³/mol. The Bertz CT molecular complexity index is 896. The highest BCUT2D eigenvalue weighted by atomic mass is 16.8. The fourth-order valence-electron chi connectivity index (χ4n) is 4.26. The molecule has 4 rings (SSSR count). The fourth-order valence-corrected chi connectivity index (χ4v) is 4.26. The molecule has 9 atom stereocenters. The van der Waals surface area contributed by atoms with E-state index < -0.39 is 67.5 Å². The molecule has 0 spiro atoms. The molecule has 180 valence electrons. The molecule has 33 heavy (non-hydrogen) atoms. The number of fused-ring (bicyclic) bond motifs is 1. The van der Waals surface area contributed by atoms with Crippen LogP contribution in [0.2, 0.25) is 0 Å². The van der Waals surface area contributed by atoms with Crippen LogP contribution >= 0.6 is 0 Å². The Morgan fingerprint density at radius 1 is 1.00 bits per heavy atom. The number of carbonyl (C=O) groups is 1. The molecule has 0 bridgehead atoms. The second kappa shape index (κ2) is 9.77. The van der Waals surface area contributed by atoms with Crippen LogP contribution in [0.4, 0.5) is 0 Å². The summed E-state index contributed by atoms with van der Waals surface area (Å²) in [5, 5.41) is 58.8. The van der Waals surface area contributed by atoms with Crippen molar-refractivity contribution in [1.82, 2.24) is 0 Å². The molecular weight excluding hydrogens is 440 g/mol. The third-order valence-corrected chi connectivity index (χ3v) is 6.05. The van der Waals surface area contributed by atoms with Crippen LogP contribution < -0.4 is 0 Å². The van der Waals surface area contributed by atoms with E-state index >= 15 is 0 Å². The summed E-state index contributed by atoms with van der Waals surface area (Å²) >= 11 is 0.